The van der Waals surface area contributed by atoms with E-state index in [0.717, 1.165) is 6.20 Å². The van der Waals surface area contributed by atoms with Crippen molar-refractivity contribution in [3.05, 3.63) is 11.1 Å². The van der Waals surface area contributed by atoms with E-state index in [1.807, 2.05) is 0 Å². The number of carbonyl (C=O) groups is 1. The molecule has 0 atom stereocenters. The molecule has 0 rings (SSSR count). The van der Waals surface area contributed by atoms with E-state index < -0.39 is 5.97 Å². The van der Waals surface area contributed by atoms with Gasteiger partial charge in [0.15, 0.2) is 0 Å². The van der Waals surface area contributed by atoms with Crippen molar-refractivity contribution in [3.63, 3.8) is 0 Å². The van der Waals surface area contributed by atoms with Gasteiger partial charge in [0, 0.05) is 6.20 Å². The standard InChI is InChI=1S/C5H9NO2S/c1-2-8-5(7)4(9)3-6/h3,9H,2,6H2,1H3/b4-3-. The van der Waals surface area contributed by atoms with Crippen LogP contribution in [-0.2, 0) is 9.53 Å². The van der Waals surface area contributed by atoms with Crippen LogP contribution in [0.25, 0.3) is 0 Å². The third-order valence-electron chi connectivity index (χ3n) is 0.642. The van der Waals surface area contributed by atoms with E-state index in [0.29, 0.717) is 6.61 Å². The predicted molar refractivity (Wildman–Crippen MR) is 37.9 cm³/mol. The van der Waals surface area contributed by atoms with Gasteiger partial charge in [0.25, 0.3) is 0 Å². The normalized spacial score (nSPS) is 11.1. The van der Waals surface area contributed by atoms with Gasteiger partial charge in [-0.3, -0.25) is 0 Å². The summed E-state index contributed by atoms with van der Waals surface area (Å²) < 4.78 is 4.53. The van der Waals surface area contributed by atoms with Crippen molar-refractivity contribution in [1.29, 1.82) is 0 Å². The molecule has 2 N–H and O–H groups in total. The lowest BCUT2D eigenvalue weighted by atomic mass is 10.6. The van der Waals surface area contributed by atoms with Crippen molar-refractivity contribution in [2.24, 2.45) is 5.73 Å². The molecule has 0 saturated carbocycles. The van der Waals surface area contributed by atoms with Gasteiger partial charge in [0.05, 0.1) is 6.61 Å². The molecule has 0 aromatic heterocycles. The predicted octanol–water partition coefficient (Wildman–Crippen LogP) is 0.279. The Labute approximate surface area is 59.3 Å². The van der Waals surface area contributed by atoms with Crippen LogP contribution in [0, 0.1) is 0 Å². The molecule has 0 amide bonds. The molecule has 0 radical (unpaired) electrons. The van der Waals surface area contributed by atoms with Gasteiger partial charge in [-0.05, 0) is 6.92 Å². The van der Waals surface area contributed by atoms with E-state index in [4.69, 9.17) is 5.73 Å². The molecule has 0 aliphatic heterocycles. The van der Waals surface area contributed by atoms with Gasteiger partial charge in [0.2, 0.25) is 0 Å². The van der Waals surface area contributed by atoms with Gasteiger partial charge in [-0.1, -0.05) is 0 Å². The van der Waals surface area contributed by atoms with Crippen molar-refractivity contribution >= 4 is 18.6 Å². The third kappa shape index (κ3) is 3.03. The molecule has 0 unspecified atom stereocenters. The van der Waals surface area contributed by atoms with Crippen molar-refractivity contribution < 1.29 is 9.53 Å². The molecule has 0 aromatic rings. The van der Waals surface area contributed by atoms with Crippen LogP contribution in [0.2, 0.25) is 0 Å². The zero-order valence-electron chi connectivity index (χ0n) is 5.13. The zero-order chi connectivity index (χ0) is 7.28. The maximum Gasteiger partial charge on any atom is 0.345 e. The van der Waals surface area contributed by atoms with Crippen LogP contribution in [0.1, 0.15) is 6.92 Å². The number of ether oxygens (including phenoxy) is 1. The quantitative estimate of drug-likeness (QED) is 0.335. The lowest BCUT2D eigenvalue weighted by molar-refractivity contribution is -0.137. The molecular weight excluding hydrogens is 138 g/mol. The summed E-state index contributed by atoms with van der Waals surface area (Å²) in [7, 11) is 0. The van der Waals surface area contributed by atoms with Crippen LogP contribution >= 0.6 is 12.6 Å². The number of rotatable bonds is 2. The fourth-order valence-electron chi connectivity index (χ4n) is 0.273. The molecule has 3 nitrogen and oxygen atoms in total. The van der Waals surface area contributed by atoms with Gasteiger partial charge in [-0.2, -0.15) is 0 Å². The fourth-order valence-corrected chi connectivity index (χ4v) is 0.338. The molecule has 0 spiro atoms. The van der Waals surface area contributed by atoms with E-state index >= 15 is 0 Å². The second-order valence-electron chi connectivity index (χ2n) is 1.27. The van der Waals surface area contributed by atoms with Crippen molar-refractivity contribution in [3.8, 4) is 0 Å². The first kappa shape index (κ1) is 8.36. The number of esters is 1. The van der Waals surface area contributed by atoms with Gasteiger partial charge in [-0.25, -0.2) is 4.79 Å². The number of nitrogens with two attached hydrogens (primary N) is 1. The third-order valence-corrected chi connectivity index (χ3v) is 0.974. The Morgan fingerprint density at radius 3 is 2.78 bits per heavy atom. The Hall–Kier alpha value is -0.640. The van der Waals surface area contributed by atoms with E-state index in [1.54, 1.807) is 6.92 Å². The summed E-state index contributed by atoms with van der Waals surface area (Å²) >= 11 is 3.72. The molecule has 4 heteroatoms. The summed E-state index contributed by atoms with van der Waals surface area (Å²) in [4.78, 5) is 10.7. The highest BCUT2D eigenvalue weighted by Gasteiger charge is 2.02. The van der Waals surface area contributed by atoms with Crippen LogP contribution in [0.15, 0.2) is 11.1 Å². The number of thiol groups is 1. The van der Waals surface area contributed by atoms with E-state index in [2.05, 4.69) is 17.4 Å². The average Bonchev–Trinajstić information content (AvgIpc) is 1.87. The Morgan fingerprint density at radius 1 is 1.89 bits per heavy atom. The SMILES string of the molecule is CCOC(=O)/C(S)=C/N. The van der Waals surface area contributed by atoms with Gasteiger partial charge in [-0.15, -0.1) is 12.6 Å². The second kappa shape index (κ2) is 4.26. The summed E-state index contributed by atoms with van der Waals surface area (Å²) in [6, 6.07) is 0. The minimum absolute atomic E-state index is 0.136. The maximum atomic E-state index is 10.5. The summed E-state index contributed by atoms with van der Waals surface area (Å²) in [5.74, 6) is -0.483. The highest BCUT2D eigenvalue weighted by atomic mass is 32.1. The largest absolute Gasteiger partial charge is 0.462 e. The summed E-state index contributed by atoms with van der Waals surface area (Å²) in [5, 5.41) is 0. The second-order valence-corrected chi connectivity index (χ2v) is 1.75. The van der Waals surface area contributed by atoms with Crippen LogP contribution in [-0.4, -0.2) is 12.6 Å². The van der Waals surface area contributed by atoms with Gasteiger partial charge >= 0.3 is 5.97 Å². The average molecular weight is 147 g/mol. The Bertz CT molecular complexity index is 133. The maximum absolute atomic E-state index is 10.5. The number of carbonyl (C=O) groups excluding carboxylic acids is 1. The highest BCUT2D eigenvalue weighted by Crippen LogP contribution is 1.99. The summed E-state index contributed by atoms with van der Waals surface area (Å²) in [5.41, 5.74) is 4.96. The van der Waals surface area contributed by atoms with E-state index in [-0.39, 0.29) is 4.91 Å². The van der Waals surface area contributed by atoms with Crippen LogP contribution in [0.4, 0.5) is 0 Å². The smallest absolute Gasteiger partial charge is 0.345 e. The number of hydrogen-bond donors (Lipinski definition) is 2. The minimum atomic E-state index is -0.483. The van der Waals surface area contributed by atoms with Gasteiger partial charge < -0.3 is 10.5 Å². The molecule has 0 fully saturated rings. The minimum Gasteiger partial charge on any atom is -0.462 e. The first-order chi connectivity index (χ1) is 4.22. The first-order valence-electron chi connectivity index (χ1n) is 2.50. The summed E-state index contributed by atoms with van der Waals surface area (Å²) in [6.45, 7) is 2.06. The number of hydrogen-bond acceptors (Lipinski definition) is 4. The highest BCUT2D eigenvalue weighted by molar-refractivity contribution is 7.85. The van der Waals surface area contributed by atoms with Crippen molar-refractivity contribution in [2.75, 3.05) is 6.61 Å². The Kier molecular flexibility index (Phi) is 3.96. The summed E-state index contributed by atoms with van der Waals surface area (Å²) in [6.07, 6.45) is 1.10. The lowest BCUT2D eigenvalue weighted by Crippen LogP contribution is -2.04. The van der Waals surface area contributed by atoms with Crippen molar-refractivity contribution in [1.82, 2.24) is 0 Å². The molecule has 9 heavy (non-hydrogen) atoms. The fraction of sp³-hybridized carbons (Fsp3) is 0.400. The molecule has 0 aliphatic carbocycles. The van der Waals surface area contributed by atoms with Crippen LogP contribution in [0.3, 0.4) is 0 Å². The lowest BCUT2D eigenvalue weighted by Gasteiger charge is -1.97. The molecule has 0 bridgehead atoms. The van der Waals surface area contributed by atoms with Crippen molar-refractivity contribution in [2.45, 2.75) is 6.92 Å². The Balaban J connectivity index is 3.74. The molecule has 0 saturated heterocycles. The molecular formula is C5H9NO2S. The molecule has 0 aliphatic rings. The monoisotopic (exact) mass is 147 g/mol. The molecule has 0 heterocycles. The van der Waals surface area contributed by atoms with E-state index in [1.165, 1.54) is 0 Å². The topological polar surface area (TPSA) is 52.3 Å². The van der Waals surface area contributed by atoms with E-state index in [9.17, 15) is 4.79 Å². The Morgan fingerprint density at radius 2 is 2.44 bits per heavy atom. The van der Waals surface area contributed by atoms with Crippen LogP contribution in [0.5, 0.6) is 0 Å². The molecule has 0 aromatic carbocycles. The van der Waals surface area contributed by atoms with Gasteiger partial charge in [0.1, 0.15) is 4.91 Å². The van der Waals surface area contributed by atoms with Crippen LogP contribution < -0.4 is 5.73 Å². The zero-order valence-corrected chi connectivity index (χ0v) is 6.02. The first-order valence-corrected chi connectivity index (χ1v) is 2.95. The molecule has 52 valence electrons.